The molecule has 0 bridgehead atoms. The highest BCUT2D eigenvalue weighted by Gasteiger charge is 2.21. The minimum Gasteiger partial charge on any atom is -0.480 e. The minimum absolute atomic E-state index is 0.173. The highest BCUT2D eigenvalue weighted by atomic mass is 16.4. The Bertz CT molecular complexity index is 307. The number of hydrogen-bond donors (Lipinski definition) is 3. The van der Waals surface area contributed by atoms with E-state index in [0.717, 1.165) is 0 Å². The van der Waals surface area contributed by atoms with Crippen LogP contribution in [0.5, 0.6) is 0 Å². The number of rotatable bonds is 6. The number of aliphatic carboxylic acids is 1. The minimum atomic E-state index is -1.03. The van der Waals surface area contributed by atoms with Gasteiger partial charge in [-0.2, -0.15) is 0 Å². The highest BCUT2D eigenvalue weighted by molar-refractivity contribution is 5.82. The summed E-state index contributed by atoms with van der Waals surface area (Å²) in [6.07, 6.45) is 5.91. The van der Waals surface area contributed by atoms with Crippen LogP contribution in [-0.2, 0) is 4.79 Å². The average molecular weight is 240 g/mol. The zero-order valence-electron chi connectivity index (χ0n) is 10.5. The van der Waals surface area contributed by atoms with Gasteiger partial charge in [-0.15, -0.1) is 12.3 Å². The van der Waals surface area contributed by atoms with Gasteiger partial charge in [-0.05, 0) is 19.3 Å². The molecule has 2 atom stereocenters. The maximum absolute atomic E-state index is 11.5. The Hall–Kier alpha value is -1.70. The largest absolute Gasteiger partial charge is 0.480 e. The number of terminal acetylenes is 1. The molecule has 96 valence electrons. The normalized spacial score (nSPS) is 13.6. The second-order valence-corrected chi connectivity index (χ2v) is 4.45. The summed E-state index contributed by atoms with van der Waals surface area (Å²) >= 11 is 0. The van der Waals surface area contributed by atoms with Crippen LogP contribution in [0.25, 0.3) is 0 Å². The molecule has 0 rings (SSSR count). The highest BCUT2D eigenvalue weighted by Crippen LogP contribution is 2.04. The van der Waals surface area contributed by atoms with Crippen molar-refractivity contribution in [2.24, 2.45) is 5.92 Å². The maximum atomic E-state index is 11.5. The van der Waals surface area contributed by atoms with Crippen LogP contribution in [0.4, 0.5) is 4.79 Å². The van der Waals surface area contributed by atoms with Crippen molar-refractivity contribution in [3.63, 3.8) is 0 Å². The van der Waals surface area contributed by atoms with Crippen LogP contribution in [-0.4, -0.2) is 29.2 Å². The van der Waals surface area contributed by atoms with Gasteiger partial charge >= 0.3 is 12.0 Å². The SMILES string of the molecule is C#CCC(C)NC(=O)N[C@H](CC(C)C)C(=O)O. The Morgan fingerprint density at radius 1 is 1.29 bits per heavy atom. The predicted octanol–water partition coefficient (Wildman–Crippen LogP) is 1.20. The van der Waals surface area contributed by atoms with E-state index in [-0.39, 0.29) is 12.0 Å². The number of nitrogens with one attached hydrogen (secondary N) is 2. The Morgan fingerprint density at radius 3 is 2.29 bits per heavy atom. The fraction of sp³-hybridized carbons (Fsp3) is 0.667. The maximum Gasteiger partial charge on any atom is 0.326 e. The first-order chi connectivity index (χ1) is 7.86. The van der Waals surface area contributed by atoms with Gasteiger partial charge in [0.05, 0.1) is 0 Å². The van der Waals surface area contributed by atoms with E-state index in [2.05, 4.69) is 16.6 Å². The lowest BCUT2D eigenvalue weighted by atomic mass is 10.0. The molecule has 0 saturated heterocycles. The van der Waals surface area contributed by atoms with Crippen molar-refractivity contribution < 1.29 is 14.7 Å². The topological polar surface area (TPSA) is 78.4 Å². The Kier molecular flexibility index (Phi) is 6.80. The summed E-state index contributed by atoms with van der Waals surface area (Å²) in [5, 5.41) is 13.9. The number of carboxylic acids is 1. The molecule has 0 aromatic rings. The van der Waals surface area contributed by atoms with Gasteiger partial charge in [-0.25, -0.2) is 9.59 Å². The molecule has 0 aromatic carbocycles. The average Bonchev–Trinajstić information content (AvgIpc) is 2.15. The van der Waals surface area contributed by atoms with Gasteiger partial charge in [0.25, 0.3) is 0 Å². The summed E-state index contributed by atoms with van der Waals surface area (Å²) < 4.78 is 0. The van der Waals surface area contributed by atoms with Gasteiger partial charge < -0.3 is 15.7 Å². The number of carbonyl (C=O) groups is 2. The van der Waals surface area contributed by atoms with Crippen LogP contribution in [0, 0.1) is 18.3 Å². The van der Waals surface area contributed by atoms with Crippen LogP contribution in [0.15, 0.2) is 0 Å². The molecule has 0 aliphatic heterocycles. The zero-order chi connectivity index (χ0) is 13.4. The van der Waals surface area contributed by atoms with Crippen molar-refractivity contribution in [3.8, 4) is 12.3 Å². The number of carbonyl (C=O) groups excluding carboxylic acids is 1. The molecule has 0 aromatic heterocycles. The van der Waals surface area contributed by atoms with E-state index >= 15 is 0 Å². The lowest BCUT2D eigenvalue weighted by Crippen LogP contribution is -2.48. The quantitative estimate of drug-likeness (QED) is 0.610. The van der Waals surface area contributed by atoms with Crippen molar-refractivity contribution in [1.29, 1.82) is 0 Å². The van der Waals surface area contributed by atoms with E-state index < -0.39 is 18.0 Å². The molecule has 5 nitrogen and oxygen atoms in total. The molecular formula is C12H20N2O3. The van der Waals surface area contributed by atoms with Gasteiger partial charge in [0.1, 0.15) is 6.04 Å². The third-order valence-electron chi connectivity index (χ3n) is 2.11. The summed E-state index contributed by atoms with van der Waals surface area (Å²) in [5.74, 6) is 1.59. The number of urea groups is 1. The Labute approximate surface area is 102 Å². The Balaban J connectivity index is 4.22. The number of carboxylic acid groups (broad SMARTS) is 1. The lowest BCUT2D eigenvalue weighted by Gasteiger charge is -2.18. The van der Waals surface area contributed by atoms with Gasteiger partial charge in [-0.1, -0.05) is 13.8 Å². The molecule has 0 radical (unpaired) electrons. The van der Waals surface area contributed by atoms with Crippen LogP contribution in [0.1, 0.15) is 33.6 Å². The van der Waals surface area contributed by atoms with Gasteiger partial charge in [0.15, 0.2) is 0 Å². The smallest absolute Gasteiger partial charge is 0.326 e. The molecule has 1 unspecified atom stereocenters. The monoisotopic (exact) mass is 240 g/mol. The number of hydrogen-bond acceptors (Lipinski definition) is 2. The summed E-state index contributed by atoms with van der Waals surface area (Å²) in [4.78, 5) is 22.4. The molecular weight excluding hydrogens is 220 g/mol. The molecule has 17 heavy (non-hydrogen) atoms. The summed E-state index contributed by atoms with van der Waals surface area (Å²) in [6, 6.07) is -1.54. The van der Waals surface area contributed by atoms with Crippen LogP contribution in [0.3, 0.4) is 0 Å². The van der Waals surface area contributed by atoms with Crippen molar-refractivity contribution in [1.82, 2.24) is 10.6 Å². The fourth-order valence-corrected chi connectivity index (χ4v) is 1.34. The van der Waals surface area contributed by atoms with Gasteiger partial charge in [0.2, 0.25) is 0 Å². The van der Waals surface area contributed by atoms with E-state index in [4.69, 9.17) is 11.5 Å². The first-order valence-corrected chi connectivity index (χ1v) is 5.60. The first-order valence-electron chi connectivity index (χ1n) is 5.60. The van der Waals surface area contributed by atoms with Crippen molar-refractivity contribution >= 4 is 12.0 Å². The zero-order valence-corrected chi connectivity index (χ0v) is 10.5. The molecule has 0 spiro atoms. The van der Waals surface area contributed by atoms with Crippen molar-refractivity contribution in [2.75, 3.05) is 0 Å². The van der Waals surface area contributed by atoms with E-state index in [0.29, 0.717) is 12.8 Å². The molecule has 0 fully saturated rings. The summed E-state index contributed by atoms with van der Waals surface area (Å²) in [6.45, 7) is 5.56. The third-order valence-corrected chi connectivity index (χ3v) is 2.11. The molecule has 3 N–H and O–H groups in total. The molecule has 5 heteroatoms. The van der Waals surface area contributed by atoms with Gasteiger partial charge in [-0.3, -0.25) is 0 Å². The standard InChI is InChI=1S/C12H20N2O3/c1-5-6-9(4)13-12(17)14-10(11(15)16)7-8(2)3/h1,8-10H,6-7H2,2-4H3,(H,15,16)(H2,13,14,17)/t9?,10-/m1/s1. The molecule has 0 heterocycles. The molecule has 0 aliphatic carbocycles. The molecule has 0 saturated carbocycles. The number of amides is 2. The third kappa shape index (κ3) is 7.23. The van der Waals surface area contributed by atoms with Crippen LogP contribution < -0.4 is 10.6 Å². The van der Waals surface area contributed by atoms with Crippen molar-refractivity contribution in [3.05, 3.63) is 0 Å². The van der Waals surface area contributed by atoms with Gasteiger partial charge in [0, 0.05) is 12.5 Å². The van der Waals surface area contributed by atoms with Crippen molar-refractivity contribution in [2.45, 2.75) is 45.7 Å². The van der Waals surface area contributed by atoms with E-state index in [9.17, 15) is 9.59 Å². The van der Waals surface area contributed by atoms with E-state index in [1.807, 2.05) is 13.8 Å². The first kappa shape index (κ1) is 15.3. The Morgan fingerprint density at radius 2 is 1.88 bits per heavy atom. The van der Waals surface area contributed by atoms with Crippen LogP contribution >= 0.6 is 0 Å². The lowest BCUT2D eigenvalue weighted by molar-refractivity contribution is -0.139. The summed E-state index contributed by atoms with van der Waals surface area (Å²) in [5.41, 5.74) is 0. The summed E-state index contributed by atoms with van der Waals surface area (Å²) in [7, 11) is 0. The van der Waals surface area contributed by atoms with Crippen LogP contribution in [0.2, 0.25) is 0 Å². The second-order valence-electron chi connectivity index (χ2n) is 4.45. The second kappa shape index (κ2) is 7.55. The van der Waals surface area contributed by atoms with E-state index in [1.54, 1.807) is 6.92 Å². The fourth-order valence-electron chi connectivity index (χ4n) is 1.34. The predicted molar refractivity (Wildman–Crippen MR) is 65.5 cm³/mol. The molecule has 0 aliphatic rings. The molecule has 2 amide bonds. The van der Waals surface area contributed by atoms with E-state index in [1.165, 1.54) is 0 Å².